The number of fused-ring (bicyclic) bond motifs is 2. The Bertz CT molecular complexity index is 3530. The largest absolute Gasteiger partial charge is 0.459 e. The van der Waals surface area contributed by atoms with Crippen molar-refractivity contribution < 1.29 is 95.9 Å². The van der Waals surface area contributed by atoms with E-state index in [0.717, 1.165) is 140 Å². The lowest BCUT2D eigenvalue weighted by Gasteiger charge is -2.59. The van der Waals surface area contributed by atoms with Crippen LogP contribution in [0.4, 0.5) is 0 Å². The van der Waals surface area contributed by atoms with Gasteiger partial charge in [0.1, 0.15) is 34.6 Å². The van der Waals surface area contributed by atoms with Gasteiger partial charge >= 0.3 is 47.8 Å². The summed E-state index contributed by atoms with van der Waals surface area (Å²) in [7, 11) is 0. The molecule has 6 heterocycles. The predicted molar refractivity (Wildman–Crippen MR) is 424 cm³/mol. The third-order valence-electron chi connectivity index (χ3n) is 29.5. The van der Waals surface area contributed by atoms with Gasteiger partial charge in [0.2, 0.25) is 0 Å². The molecule has 630 valence electrons. The van der Waals surface area contributed by atoms with Gasteiger partial charge in [0.15, 0.2) is 24.4 Å². The van der Waals surface area contributed by atoms with Crippen LogP contribution >= 0.6 is 0 Å². The molecular formula is C93H138O20. The van der Waals surface area contributed by atoms with Gasteiger partial charge in [0, 0.05) is 12.8 Å². The molecule has 2 aromatic rings. The van der Waals surface area contributed by atoms with Crippen LogP contribution < -0.4 is 0 Å². The molecule has 20 heteroatoms. The lowest BCUT2D eigenvalue weighted by molar-refractivity contribution is -0.226. The van der Waals surface area contributed by atoms with Crippen LogP contribution in [-0.2, 0) is 96.9 Å². The first-order chi connectivity index (χ1) is 52.9. The van der Waals surface area contributed by atoms with Gasteiger partial charge < -0.3 is 57.6 Å². The van der Waals surface area contributed by atoms with Crippen molar-refractivity contribution in [2.75, 3.05) is 0 Å². The Morgan fingerprint density at radius 3 is 0.929 bits per heavy atom. The van der Waals surface area contributed by atoms with E-state index in [1.54, 1.807) is 0 Å². The van der Waals surface area contributed by atoms with Crippen LogP contribution in [0.1, 0.15) is 322 Å². The standard InChI is InChI=1S/C18H26O2.C17H24O2.2C16H26O3.2C13H18O5/c1-4-17(2,3)16(19)20-18(13-9-6-10-14-18)15-11-7-5-8-12-15;1-4-16(2,3)15(18)19-17(12-8-9-13-17)14-10-6-5-7-11-14;2*1-4-14(2,3)13(17)19-16-8-11-5-12(9-16)7-15(18,6-11)10-16;2*1-4-13(2,3)12(15)18-9-7-5-6-8(16-7)10(9)17-11(6)14/h5,7-8,11-12H,4,6,9-10,13-14H2,1-3H3;5-7,10-11H,4,8-9,12-13H2,1-3H3;2*11-12,18H,4-10H2,1-3H3;2*6-10H,4-5H2,1-3H3. The van der Waals surface area contributed by atoms with Gasteiger partial charge in [-0.05, 0) is 285 Å². The van der Waals surface area contributed by atoms with E-state index in [9.17, 15) is 48.6 Å². The zero-order valence-corrected chi connectivity index (χ0v) is 71.6. The molecule has 0 radical (unpaired) electrons. The van der Waals surface area contributed by atoms with Crippen molar-refractivity contribution in [3.63, 3.8) is 0 Å². The average molecular weight is 1580 g/mol. The first-order valence-corrected chi connectivity index (χ1v) is 43.5. The Kier molecular flexibility index (Phi) is 26.0. The van der Waals surface area contributed by atoms with Crippen molar-refractivity contribution in [3.05, 3.63) is 71.8 Å². The van der Waals surface area contributed by atoms with Gasteiger partial charge in [-0.1, -0.05) is 109 Å². The normalized spacial score (nSPS) is 34.4. The highest BCUT2D eigenvalue weighted by atomic mass is 16.7. The quantitative estimate of drug-likeness (QED) is 0.0921. The van der Waals surface area contributed by atoms with Crippen LogP contribution in [0.3, 0.4) is 0 Å². The first-order valence-electron chi connectivity index (χ1n) is 43.5. The first kappa shape index (κ1) is 87.9. The molecule has 20 nitrogen and oxygen atoms in total. The van der Waals surface area contributed by atoms with E-state index >= 15 is 0 Å². The Hall–Kier alpha value is -5.96. The molecule has 10 aliphatic carbocycles. The second-order valence-corrected chi connectivity index (χ2v) is 40.7. The van der Waals surface area contributed by atoms with E-state index in [4.69, 9.17) is 47.4 Å². The second kappa shape index (κ2) is 33.4. The lowest BCUT2D eigenvalue weighted by atomic mass is 9.52. The molecular weight excluding hydrogens is 1440 g/mol. The molecule has 6 aliphatic heterocycles. The molecule has 18 rings (SSSR count). The van der Waals surface area contributed by atoms with Crippen molar-refractivity contribution in [2.45, 2.75) is 393 Å². The van der Waals surface area contributed by atoms with E-state index in [1.807, 2.05) is 161 Å². The summed E-state index contributed by atoms with van der Waals surface area (Å²) in [5, 5.41) is 21.3. The Labute approximate surface area is 673 Å². The molecule has 113 heavy (non-hydrogen) atoms. The molecule has 2 aromatic carbocycles. The lowest BCUT2D eigenvalue weighted by Crippen LogP contribution is -2.61. The Morgan fingerprint density at radius 1 is 0.372 bits per heavy atom. The van der Waals surface area contributed by atoms with Gasteiger partial charge in [-0.3, -0.25) is 38.4 Å². The molecule has 14 unspecified atom stereocenters. The number of rotatable bonds is 20. The highest BCUT2D eigenvalue weighted by Crippen LogP contribution is 2.61. The van der Waals surface area contributed by atoms with Crippen molar-refractivity contribution in [1.82, 2.24) is 0 Å². The summed E-state index contributed by atoms with van der Waals surface area (Å²) in [6.07, 6.45) is 24.3. The molecule has 10 saturated carbocycles. The summed E-state index contributed by atoms with van der Waals surface area (Å²) in [6.45, 7) is 35.1. The maximum atomic E-state index is 12.5. The van der Waals surface area contributed by atoms with Crippen LogP contribution in [0.25, 0.3) is 0 Å². The number of esters is 8. The molecule has 6 saturated heterocycles. The SMILES string of the molecule is CCC(C)(C)C(=O)OC1(c2ccccc2)CCCC1.CCC(C)(C)C(=O)OC1(c2ccccc2)CCCCC1.CCC(C)(C)C(=O)OC12CC3CC(CC(O)(C3)C1)C2.CCC(C)(C)C(=O)OC12CC3CC(CC(O)(C3)C1)C2.CCC(C)(C)C(=O)OC1C2CC3C(=O)OC1C3O2.CCC(C)(C)C(=O)OC1C2CC3C(=O)OC1C3O2. The highest BCUT2D eigenvalue weighted by Gasteiger charge is 2.68. The van der Waals surface area contributed by atoms with Crippen molar-refractivity contribution in [1.29, 1.82) is 0 Å². The third kappa shape index (κ3) is 18.8. The maximum absolute atomic E-state index is 12.5. The second-order valence-electron chi connectivity index (χ2n) is 40.7. The fourth-order valence-electron chi connectivity index (χ4n) is 20.5. The van der Waals surface area contributed by atoms with E-state index in [1.165, 1.54) is 19.3 Å². The van der Waals surface area contributed by atoms with Gasteiger partial charge in [0.25, 0.3) is 0 Å². The fraction of sp³-hybridized carbons (Fsp3) is 0.785. The van der Waals surface area contributed by atoms with Gasteiger partial charge in [-0.15, -0.1) is 0 Å². The molecule has 0 aromatic heterocycles. The summed E-state index contributed by atoms with van der Waals surface area (Å²) < 4.78 is 57.0. The topological polar surface area (TPSA) is 269 Å². The molecule has 14 atom stereocenters. The van der Waals surface area contributed by atoms with E-state index in [2.05, 4.69) is 24.3 Å². The van der Waals surface area contributed by atoms with Gasteiger partial charge in [-0.2, -0.15) is 0 Å². The number of hydrogen-bond donors (Lipinski definition) is 2. The minimum absolute atomic E-state index is 0.0641. The molecule has 0 spiro atoms. The number of benzene rings is 2. The monoisotopic (exact) mass is 1570 g/mol. The van der Waals surface area contributed by atoms with Crippen LogP contribution in [0, 0.1) is 68.0 Å². The summed E-state index contributed by atoms with van der Waals surface area (Å²) in [6, 6.07) is 20.5. The van der Waals surface area contributed by atoms with Gasteiger partial charge in [-0.25, -0.2) is 0 Å². The van der Waals surface area contributed by atoms with Crippen molar-refractivity contribution >= 4 is 47.8 Å². The molecule has 2 N–H and O–H groups in total. The van der Waals surface area contributed by atoms with E-state index in [0.29, 0.717) is 62.2 Å². The smallest absolute Gasteiger partial charge is 0.312 e. The molecule has 12 bridgehead atoms. The minimum atomic E-state index is -0.555. The van der Waals surface area contributed by atoms with Crippen LogP contribution in [0.15, 0.2) is 60.7 Å². The average Bonchev–Trinajstić information content (AvgIpc) is 1.64. The number of carbonyl (C=O) groups is 8. The Balaban J connectivity index is 0.000000134. The maximum Gasteiger partial charge on any atom is 0.312 e. The van der Waals surface area contributed by atoms with Crippen molar-refractivity contribution in [2.24, 2.45) is 68.0 Å². The minimum Gasteiger partial charge on any atom is -0.459 e. The zero-order valence-electron chi connectivity index (χ0n) is 71.6. The summed E-state index contributed by atoms with van der Waals surface area (Å²) in [4.78, 5) is 96.9. The van der Waals surface area contributed by atoms with Crippen LogP contribution in [0.2, 0.25) is 0 Å². The predicted octanol–water partition coefficient (Wildman–Crippen LogP) is 17.5. The summed E-state index contributed by atoms with van der Waals surface area (Å²) in [5.74, 6) is 0.744. The van der Waals surface area contributed by atoms with Crippen LogP contribution in [-0.4, -0.2) is 129 Å². The highest BCUT2D eigenvalue weighted by molar-refractivity contribution is 5.81. The summed E-state index contributed by atoms with van der Waals surface area (Å²) in [5.41, 5.74) is -2.96. The zero-order chi connectivity index (χ0) is 82.5. The van der Waals surface area contributed by atoms with E-state index < -0.39 is 73.7 Å². The van der Waals surface area contributed by atoms with E-state index in [-0.39, 0.29) is 101 Å². The molecule has 0 amide bonds. The number of hydrogen-bond acceptors (Lipinski definition) is 20. The number of ether oxygens (including phenoxy) is 10. The number of carbonyl (C=O) groups excluding carboxylic acids is 8. The van der Waals surface area contributed by atoms with Crippen molar-refractivity contribution in [3.8, 4) is 0 Å². The summed E-state index contributed by atoms with van der Waals surface area (Å²) >= 11 is 0. The fourth-order valence-corrected chi connectivity index (χ4v) is 20.5. The Morgan fingerprint density at radius 2 is 0.646 bits per heavy atom. The van der Waals surface area contributed by atoms with Gasteiger partial charge in [0.05, 0.1) is 67.7 Å². The third-order valence-corrected chi connectivity index (χ3v) is 29.5. The molecule has 16 aliphatic rings. The molecule has 16 fully saturated rings. The number of aliphatic hydroxyl groups is 2. The van der Waals surface area contributed by atoms with Crippen LogP contribution in [0.5, 0.6) is 0 Å².